The highest BCUT2D eigenvalue weighted by molar-refractivity contribution is 7.26. The average molecular weight is 727 g/mol. The predicted octanol–water partition coefficient (Wildman–Crippen LogP) is 5.11. The second-order valence-corrected chi connectivity index (χ2v) is 15.5. The highest BCUT2D eigenvalue weighted by Gasteiger charge is 2.26. The van der Waals surface area contributed by atoms with E-state index < -0.39 is 5.40 Å². The molecule has 0 fully saturated rings. The zero-order valence-corrected chi connectivity index (χ0v) is 31.3. The third kappa shape index (κ3) is 5.50. The first-order valence-electron chi connectivity index (χ1n) is 18.3. The number of aromatic nitrogens is 2. The minimum Gasteiger partial charge on any atom is -0.402 e. The fourth-order valence-corrected chi connectivity index (χ4v) is 9.57. The summed E-state index contributed by atoms with van der Waals surface area (Å²) < 4.78 is 4.21. The summed E-state index contributed by atoms with van der Waals surface area (Å²) >= 11 is 1.78. The molecule has 1 N–H and O–H groups in total. The summed E-state index contributed by atoms with van der Waals surface area (Å²) in [5.41, 5.74) is 8.56. The molecule has 250 valence electrons. The Labute approximate surface area is 343 Å². The van der Waals surface area contributed by atoms with Gasteiger partial charge in [0, 0.05) is 31.3 Å². The molecule has 0 atom stereocenters. The number of hydrogen-bond acceptors (Lipinski definition) is 3. The maximum atomic E-state index is 10.9. The maximum absolute atomic E-state index is 10.9. The number of thiophene rings is 1. The van der Waals surface area contributed by atoms with Crippen LogP contribution in [0.25, 0.3) is 91.8 Å². The number of fused-ring (bicyclic) bond motifs is 6. The van der Waals surface area contributed by atoms with Crippen LogP contribution in [0.5, 0.6) is 0 Å². The molecule has 0 bridgehead atoms. The van der Waals surface area contributed by atoms with Crippen LogP contribution in [-0.2, 0) is 5.40 Å². The van der Waals surface area contributed by atoms with Crippen molar-refractivity contribution in [1.82, 2.24) is 9.55 Å². The molecule has 3 nitrogen and oxygen atoms in total. The van der Waals surface area contributed by atoms with Crippen molar-refractivity contribution >= 4 is 146 Å². The first kappa shape index (κ1) is 35.8. The van der Waals surface area contributed by atoms with E-state index in [4.69, 9.17) is 54.9 Å². The smallest absolute Gasteiger partial charge is 0.127 e. The molecule has 0 aliphatic rings. The summed E-state index contributed by atoms with van der Waals surface area (Å²) in [6, 6.07) is 45.4. The molecule has 10 rings (SSSR count). The van der Waals surface area contributed by atoms with Crippen molar-refractivity contribution in [1.29, 1.82) is 0 Å². The minimum atomic E-state index is -2.20. The summed E-state index contributed by atoms with van der Waals surface area (Å²) in [4.78, 5) is 4.64. The number of aliphatic hydroxyl groups is 1. The van der Waals surface area contributed by atoms with Gasteiger partial charge in [0.2, 0.25) is 0 Å². The second-order valence-electron chi connectivity index (χ2n) is 14.4. The van der Waals surface area contributed by atoms with Crippen molar-refractivity contribution in [2.24, 2.45) is 0 Å². The lowest BCUT2D eigenvalue weighted by molar-refractivity contribution is 0.205. The largest absolute Gasteiger partial charge is 0.402 e. The van der Waals surface area contributed by atoms with Crippen molar-refractivity contribution in [2.45, 2.75) is 5.40 Å². The van der Waals surface area contributed by atoms with Crippen LogP contribution >= 0.6 is 11.3 Å². The third-order valence-electron chi connectivity index (χ3n) is 11.0. The molecule has 0 saturated carbocycles. The normalized spacial score (nSPS) is 12.1. The zero-order valence-electron chi connectivity index (χ0n) is 30.5. The lowest BCUT2D eigenvalue weighted by Gasteiger charge is -2.23. The van der Waals surface area contributed by atoms with E-state index in [1.54, 1.807) is 15.9 Å². The van der Waals surface area contributed by atoms with Crippen molar-refractivity contribution in [3.8, 4) is 39.1 Å². The van der Waals surface area contributed by atoms with Gasteiger partial charge in [0.1, 0.15) is 60.7 Å². The van der Waals surface area contributed by atoms with Gasteiger partial charge in [-0.25, -0.2) is 4.98 Å². The first-order valence-corrected chi connectivity index (χ1v) is 19.1. The Hall–Kier alpha value is -5.62. The number of hydrogen-bond donors (Lipinski definition) is 1. The molecule has 0 saturated heterocycles. The molecule has 14 radical (unpaired) electrons. The molecule has 0 unspecified atom stereocenters. The number of imidazole rings is 1. The van der Waals surface area contributed by atoms with Gasteiger partial charge < -0.3 is 5.11 Å². The van der Waals surface area contributed by atoms with E-state index in [1.165, 1.54) is 20.2 Å². The monoisotopic (exact) mass is 728 g/mol. The van der Waals surface area contributed by atoms with E-state index in [2.05, 4.69) is 96.0 Å². The number of rotatable bonds is 5. The van der Waals surface area contributed by atoms with Crippen LogP contribution in [0.1, 0.15) is 5.82 Å². The van der Waals surface area contributed by atoms with Gasteiger partial charge in [-0.05, 0) is 97.4 Å². The van der Waals surface area contributed by atoms with Gasteiger partial charge in [0.05, 0.1) is 11.0 Å². The van der Waals surface area contributed by atoms with Crippen LogP contribution < -0.4 is 27.3 Å². The summed E-state index contributed by atoms with van der Waals surface area (Å²) in [6.45, 7) is 0. The van der Waals surface area contributed by atoms with Gasteiger partial charge >= 0.3 is 0 Å². The molecule has 0 amide bonds. The molecule has 8 aromatic carbocycles. The van der Waals surface area contributed by atoms with E-state index in [9.17, 15) is 5.11 Å². The lowest BCUT2D eigenvalue weighted by Crippen LogP contribution is -2.55. The highest BCUT2D eigenvalue weighted by Crippen LogP contribution is 2.48. The summed E-state index contributed by atoms with van der Waals surface area (Å²) in [6.07, 6.45) is 0. The summed E-state index contributed by atoms with van der Waals surface area (Å²) in [7, 11) is 44.6. The van der Waals surface area contributed by atoms with Crippen LogP contribution in [0.3, 0.4) is 0 Å². The van der Waals surface area contributed by atoms with Gasteiger partial charge in [0.25, 0.3) is 0 Å². The van der Waals surface area contributed by atoms with E-state index >= 15 is 0 Å². The summed E-state index contributed by atoms with van der Waals surface area (Å²) in [5, 5.41) is 15.1. The SMILES string of the molecule is [B]c1c([B])c([B])c(-c2ccc3c(-c4cccc(-n5c(C([B])([B])O)nc6ccccc65)c4)c4ccccc4c(-c4cccc5sc6ccccc6c45)c3c2)c([B])c1[B]. The molecule has 57 heavy (non-hydrogen) atoms. The Morgan fingerprint density at radius 1 is 0.509 bits per heavy atom. The van der Waals surface area contributed by atoms with Gasteiger partial charge in [0.15, 0.2) is 0 Å². The van der Waals surface area contributed by atoms with E-state index in [-0.39, 0.29) is 33.1 Å². The van der Waals surface area contributed by atoms with Crippen molar-refractivity contribution in [3.63, 3.8) is 0 Å². The van der Waals surface area contributed by atoms with Crippen LogP contribution in [0.2, 0.25) is 0 Å². The molecule has 0 spiro atoms. The predicted molar refractivity (Wildman–Crippen MR) is 248 cm³/mol. The number of nitrogens with zero attached hydrogens (tertiary/aromatic N) is 2. The lowest BCUT2D eigenvalue weighted by atomic mass is 9.59. The maximum Gasteiger partial charge on any atom is 0.127 e. The minimum absolute atomic E-state index is 0.115. The Kier molecular flexibility index (Phi) is 8.30. The Morgan fingerprint density at radius 2 is 1.11 bits per heavy atom. The van der Waals surface area contributed by atoms with Gasteiger partial charge in [-0.15, -0.1) is 27.7 Å². The molecule has 2 aromatic heterocycles. The molecular weight excluding hydrogens is 704 g/mol. The molecule has 0 aliphatic carbocycles. The molecule has 10 aromatic rings. The Bertz CT molecular complexity index is 3280. The number of benzene rings is 8. The zero-order chi connectivity index (χ0) is 39.3. The first-order chi connectivity index (χ1) is 27.5. The van der Waals surface area contributed by atoms with Crippen LogP contribution in [0, 0.1) is 0 Å². The molecular formula is C46H23B7N2OS. The fourth-order valence-electron chi connectivity index (χ4n) is 8.44. The van der Waals surface area contributed by atoms with Crippen LogP contribution in [0.4, 0.5) is 0 Å². The van der Waals surface area contributed by atoms with Crippen LogP contribution in [-0.4, -0.2) is 69.6 Å². The highest BCUT2D eigenvalue weighted by atomic mass is 32.1. The standard InChI is InChI=1S/C46H23B7N2OS/c47-40-37(41(48)43(50)44(51)42(40)49)24-19-20-28-31(22-24)38(30-14-8-18-35-39(30)29-13-3-6-17-34(29)57-35)27-12-2-1-11-26(27)36(28)23-9-7-10-25(21-23)55-33-16-5-4-15-32(33)54-45(55)46(52,53)56/h1-22,56H. The molecule has 11 heteroatoms. The van der Waals surface area contributed by atoms with E-state index in [0.717, 1.165) is 60.6 Å². The average Bonchev–Trinajstić information content (AvgIpc) is 3.81. The molecule has 2 heterocycles. The van der Waals surface area contributed by atoms with Crippen molar-refractivity contribution < 1.29 is 5.11 Å². The van der Waals surface area contributed by atoms with Gasteiger partial charge in [-0.3, -0.25) is 4.57 Å². The summed E-state index contributed by atoms with van der Waals surface area (Å²) in [5.74, 6) is 0.115. The fraction of sp³-hybridized carbons (Fsp3) is 0.0217. The number of para-hydroxylation sites is 2. The second kappa shape index (κ2) is 13.2. The Morgan fingerprint density at radius 3 is 1.86 bits per heavy atom. The van der Waals surface area contributed by atoms with Crippen LogP contribution in [0.15, 0.2) is 133 Å². The topological polar surface area (TPSA) is 38.0 Å². The molecule has 0 aliphatic heterocycles. The quantitative estimate of drug-likeness (QED) is 0.198. The van der Waals surface area contributed by atoms with E-state index in [0.29, 0.717) is 11.1 Å². The van der Waals surface area contributed by atoms with Gasteiger partial charge in [-0.2, -0.15) is 0 Å². The van der Waals surface area contributed by atoms with E-state index in [1.807, 2.05) is 42.5 Å². The van der Waals surface area contributed by atoms with Crippen molar-refractivity contribution in [3.05, 3.63) is 139 Å². The third-order valence-corrected chi connectivity index (χ3v) is 12.1. The van der Waals surface area contributed by atoms with Gasteiger partial charge in [-0.1, -0.05) is 102 Å². The Balaban J connectivity index is 1.34. The van der Waals surface area contributed by atoms with Crippen molar-refractivity contribution in [2.75, 3.05) is 0 Å².